The molecule has 2 amide bonds. The average molecular weight is 528 g/mol. The molecular formula is C30H30FN5O3. The number of imide groups is 1. The lowest BCUT2D eigenvalue weighted by molar-refractivity contribution is 0.0640. The minimum absolute atomic E-state index is 0.155. The Kier molecular flexibility index (Phi) is 6.60. The van der Waals surface area contributed by atoms with E-state index in [9.17, 15) is 18.8 Å². The number of anilines is 1. The van der Waals surface area contributed by atoms with Crippen molar-refractivity contribution < 1.29 is 14.0 Å². The zero-order valence-corrected chi connectivity index (χ0v) is 21.8. The number of aliphatic imine (C=N–C) groups is 1. The number of nitrogens with zero attached hydrogens (tertiary/aromatic N) is 3. The second kappa shape index (κ2) is 10.2. The van der Waals surface area contributed by atoms with Crippen LogP contribution in [0.4, 0.5) is 15.8 Å². The number of halogens is 1. The molecule has 0 bridgehead atoms. The van der Waals surface area contributed by atoms with Gasteiger partial charge in [0.2, 0.25) is 0 Å². The minimum Gasteiger partial charge on any atom is -0.382 e. The molecule has 0 radical (unpaired) electrons. The fraction of sp³-hybridized carbons (Fsp3) is 0.333. The van der Waals surface area contributed by atoms with E-state index in [1.165, 1.54) is 11.0 Å². The van der Waals surface area contributed by atoms with Crippen molar-refractivity contribution >= 4 is 28.9 Å². The van der Waals surface area contributed by atoms with E-state index in [4.69, 9.17) is 4.99 Å². The van der Waals surface area contributed by atoms with Crippen LogP contribution in [0.3, 0.4) is 0 Å². The number of rotatable bonds is 8. The van der Waals surface area contributed by atoms with Crippen LogP contribution in [0.25, 0.3) is 0 Å². The molecule has 3 aliphatic heterocycles. The molecule has 1 unspecified atom stereocenters. The molecule has 6 rings (SSSR count). The fourth-order valence-electron chi connectivity index (χ4n) is 5.77. The highest BCUT2D eigenvalue weighted by molar-refractivity contribution is 6.22. The van der Waals surface area contributed by atoms with E-state index in [0.29, 0.717) is 65.3 Å². The third-order valence-electron chi connectivity index (χ3n) is 7.76. The smallest absolute Gasteiger partial charge is 0.261 e. The maximum atomic E-state index is 14.2. The van der Waals surface area contributed by atoms with E-state index in [2.05, 4.69) is 15.2 Å². The first kappa shape index (κ1) is 25.2. The molecule has 2 N–H and O–H groups in total. The van der Waals surface area contributed by atoms with Gasteiger partial charge in [-0.2, -0.15) is 0 Å². The summed E-state index contributed by atoms with van der Waals surface area (Å²) in [4.78, 5) is 50.2. The third-order valence-corrected chi connectivity index (χ3v) is 7.76. The summed E-state index contributed by atoms with van der Waals surface area (Å²) in [6.45, 7) is 5.01. The van der Waals surface area contributed by atoms with Crippen LogP contribution < -0.4 is 10.9 Å². The molecule has 200 valence electrons. The van der Waals surface area contributed by atoms with Gasteiger partial charge < -0.3 is 15.2 Å². The van der Waals surface area contributed by atoms with Gasteiger partial charge in [-0.3, -0.25) is 24.3 Å². The molecule has 9 heteroatoms. The van der Waals surface area contributed by atoms with Crippen molar-refractivity contribution in [1.29, 1.82) is 0 Å². The van der Waals surface area contributed by atoms with Gasteiger partial charge in [-0.15, -0.1) is 0 Å². The SMILES string of the molecule is CC(Cc1ccccc1F)Nc1cc[nH]c(=O)c1C1=Nc2cc3c(cc2C1)C(=O)N(CCN1CCCC1)C3=O. The first-order valence-electron chi connectivity index (χ1n) is 13.4. The molecule has 39 heavy (non-hydrogen) atoms. The Balaban J connectivity index is 1.23. The Morgan fingerprint density at radius 2 is 1.77 bits per heavy atom. The van der Waals surface area contributed by atoms with Crippen LogP contribution in [-0.2, 0) is 12.8 Å². The van der Waals surface area contributed by atoms with Gasteiger partial charge in [-0.25, -0.2) is 4.39 Å². The topological polar surface area (TPSA) is 97.9 Å². The normalized spacial score (nSPS) is 17.4. The molecule has 1 fully saturated rings. The summed E-state index contributed by atoms with van der Waals surface area (Å²) < 4.78 is 14.2. The summed E-state index contributed by atoms with van der Waals surface area (Å²) in [5, 5.41) is 3.35. The summed E-state index contributed by atoms with van der Waals surface area (Å²) in [5.74, 6) is -0.825. The van der Waals surface area contributed by atoms with Gasteiger partial charge >= 0.3 is 0 Å². The van der Waals surface area contributed by atoms with Crippen LogP contribution in [0.15, 0.2) is 58.4 Å². The predicted octanol–water partition coefficient (Wildman–Crippen LogP) is 3.93. The lowest BCUT2D eigenvalue weighted by atomic mass is 9.99. The van der Waals surface area contributed by atoms with Gasteiger partial charge in [0, 0.05) is 31.7 Å². The van der Waals surface area contributed by atoms with E-state index in [0.717, 1.165) is 31.5 Å². The van der Waals surface area contributed by atoms with Crippen LogP contribution in [0.2, 0.25) is 0 Å². The lowest BCUT2D eigenvalue weighted by Crippen LogP contribution is -2.37. The van der Waals surface area contributed by atoms with Crippen molar-refractivity contribution in [2.75, 3.05) is 31.5 Å². The van der Waals surface area contributed by atoms with Gasteiger partial charge in [-0.05, 0) is 74.7 Å². The average Bonchev–Trinajstić information content (AvgIpc) is 3.63. The molecule has 2 aromatic carbocycles. The van der Waals surface area contributed by atoms with Crippen LogP contribution in [-0.4, -0.2) is 64.5 Å². The molecule has 1 atom stereocenters. The third kappa shape index (κ3) is 4.78. The van der Waals surface area contributed by atoms with Crippen molar-refractivity contribution in [2.24, 2.45) is 4.99 Å². The minimum atomic E-state index is -0.294. The lowest BCUT2D eigenvalue weighted by Gasteiger charge is -2.19. The van der Waals surface area contributed by atoms with Crippen LogP contribution in [0.1, 0.15) is 57.2 Å². The number of carbonyl (C=O) groups is 2. The second-order valence-corrected chi connectivity index (χ2v) is 10.5. The summed E-state index contributed by atoms with van der Waals surface area (Å²) >= 11 is 0. The molecule has 0 saturated carbocycles. The van der Waals surface area contributed by atoms with E-state index >= 15 is 0 Å². The van der Waals surface area contributed by atoms with Crippen molar-refractivity contribution in [1.82, 2.24) is 14.8 Å². The first-order chi connectivity index (χ1) is 18.9. The summed E-state index contributed by atoms with van der Waals surface area (Å²) in [7, 11) is 0. The molecule has 1 aromatic heterocycles. The largest absolute Gasteiger partial charge is 0.382 e. The quantitative estimate of drug-likeness (QED) is 0.433. The van der Waals surface area contributed by atoms with Crippen LogP contribution in [0.5, 0.6) is 0 Å². The van der Waals surface area contributed by atoms with E-state index in [1.54, 1.807) is 42.6 Å². The van der Waals surface area contributed by atoms with Crippen molar-refractivity contribution in [3.05, 3.63) is 92.6 Å². The van der Waals surface area contributed by atoms with Gasteiger partial charge in [0.05, 0.1) is 33.8 Å². The van der Waals surface area contributed by atoms with Gasteiger partial charge in [-0.1, -0.05) is 18.2 Å². The maximum absolute atomic E-state index is 14.2. The van der Waals surface area contributed by atoms with Gasteiger partial charge in [0.1, 0.15) is 5.82 Å². The van der Waals surface area contributed by atoms with E-state index in [-0.39, 0.29) is 29.2 Å². The Morgan fingerprint density at radius 1 is 1.03 bits per heavy atom. The molecule has 4 heterocycles. The number of benzene rings is 2. The second-order valence-electron chi connectivity index (χ2n) is 10.5. The maximum Gasteiger partial charge on any atom is 0.261 e. The molecule has 8 nitrogen and oxygen atoms in total. The number of likely N-dealkylation sites (tertiary alicyclic amines) is 1. The summed E-state index contributed by atoms with van der Waals surface area (Å²) in [5.41, 5.74) is 4.02. The number of aromatic nitrogens is 1. The number of aromatic amines is 1. The number of hydrogen-bond donors (Lipinski definition) is 2. The highest BCUT2D eigenvalue weighted by Crippen LogP contribution is 2.36. The molecule has 1 saturated heterocycles. The number of amides is 2. The highest BCUT2D eigenvalue weighted by Gasteiger charge is 2.37. The van der Waals surface area contributed by atoms with Crippen molar-refractivity contribution in [3.63, 3.8) is 0 Å². The fourth-order valence-corrected chi connectivity index (χ4v) is 5.77. The molecule has 0 aliphatic carbocycles. The highest BCUT2D eigenvalue weighted by atomic mass is 19.1. The Labute approximate surface area is 225 Å². The zero-order valence-electron chi connectivity index (χ0n) is 21.8. The van der Waals surface area contributed by atoms with Crippen LogP contribution >= 0.6 is 0 Å². The molecule has 3 aromatic rings. The van der Waals surface area contributed by atoms with Gasteiger partial charge in [0.25, 0.3) is 17.4 Å². The molecular weight excluding hydrogens is 497 g/mol. The Bertz CT molecular complexity index is 1560. The van der Waals surface area contributed by atoms with Crippen molar-refractivity contribution in [2.45, 2.75) is 38.6 Å². The number of hydrogen-bond acceptors (Lipinski definition) is 6. The Morgan fingerprint density at radius 3 is 2.54 bits per heavy atom. The standard InChI is InChI=1S/C30H30FN5O3/c1-18(14-19-6-2-3-7-23(19)31)33-24-8-9-32-28(37)27(24)26-16-20-15-21-22(17-25(20)34-26)30(39)36(29(21)38)13-12-35-10-4-5-11-35/h2-3,6-9,15,17-18H,4-5,10-14,16H2,1H3,(H2,32,33,37). The molecule has 0 spiro atoms. The number of fused-ring (bicyclic) bond motifs is 2. The monoisotopic (exact) mass is 527 g/mol. The van der Waals surface area contributed by atoms with Crippen LogP contribution in [0, 0.1) is 5.82 Å². The van der Waals surface area contributed by atoms with E-state index < -0.39 is 0 Å². The van der Waals surface area contributed by atoms with Crippen molar-refractivity contribution in [3.8, 4) is 0 Å². The summed E-state index contributed by atoms with van der Waals surface area (Å²) in [6.07, 6.45) is 4.68. The number of carbonyl (C=O) groups excluding carboxylic acids is 2. The predicted molar refractivity (Wildman–Crippen MR) is 148 cm³/mol. The number of H-pyrrole nitrogens is 1. The Hall–Kier alpha value is -4.11. The number of pyridine rings is 1. The number of nitrogens with one attached hydrogen (secondary N) is 2. The van der Waals surface area contributed by atoms with Gasteiger partial charge in [0.15, 0.2) is 0 Å². The van der Waals surface area contributed by atoms with E-state index in [1.807, 2.05) is 6.92 Å². The zero-order chi connectivity index (χ0) is 27.1. The summed E-state index contributed by atoms with van der Waals surface area (Å²) in [6, 6.07) is 11.7. The first-order valence-corrected chi connectivity index (χ1v) is 13.4. The molecule has 3 aliphatic rings.